The predicted octanol–water partition coefficient (Wildman–Crippen LogP) is 2.60. The van der Waals surface area contributed by atoms with E-state index in [0.29, 0.717) is 37.4 Å². The summed E-state index contributed by atoms with van der Waals surface area (Å²) < 4.78 is 28.0. The number of hydrogen-bond acceptors (Lipinski definition) is 5. The van der Waals surface area contributed by atoms with Gasteiger partial charge in [-0.2, -0.15) is 9.40 Å². The van der Waals surface area contributed by atoms with E-state index in [4.69, 9.17) is 11.6 Å². The summed E-state index contributed by atoms with van der Waals surface area (Å²) in [5, 5.41) is 6.49. The van der Waals surface area contributed by atoms with Crippen LogP contribution < -0.4 is 5.56 Å². The Kier molecular flexibility index (Phi) is 6.01. The fraction of sp³-hybridized carbons (Fsp3) is 0.238. The Bertz CT molecular complexity index is 1170. The highest BCUT2D eigenvalue weighted by molar-refractivity contribution is 7.89. The van der Waals surface area contributed by atoms with Crippen LogP contribution in [0.4, 0.5) is 0 Å². The number of halogens is 1. The Morgan fingerprint density at radius 3 is 2.37 bits per heavy atom. The van der Waals surface area contributed by atoms with E-state index in [1.807, 2.05) is 18.2 Å². The summed E-state index contributed by atoms with van der Waals surface area (Å²) in [6, 6.07) is 17.7. The molecular weight excluding hydrogens is 424 g/mol. The molecule has 0 spiro atoms. The highest BCUT2D eigenvalue weighted by Crippen LogP contribution is 2.30. The molecule has 156 valence electrons. The SMILES string of the molecule is O=c1ccc(-c2ccc(Cl)c(S(=O)(=O)N3CCN(Cc4ccccc4)CC3)c2)n[nH]1. The maximum atomic E-state index is 13.3. The van der Waals surface area contributed by atoms with E-state index < -0.39 is 10.0 Å². The van der Waals surface area contributed by atoms with E-state index in [2.05, 4.69) is 27.2 Å². The van der Waals surface area contributed by atoms with Crippen LogP contribution in [0.3, 0.4) is 0 Å². The molecule has 0 bridgehead atoms. The largest absolute Gasteiger partial charge is 0.296 e. The number of H-pyrrole nitrogens is 1. The maximum Gasteiger partial charge on any atom is 0.264 e. The number of aromatic amines is 1. The summed E-state index contributed by atoms with van der Waals surface area (Å²) in [7, 11) is -3.75. The van der Waals surface area contributed by atoms with Gasteiger partial charge in [-0.3, -0.25) is 9.69 Å². The summed E-state index contributed by atoms with van der Waals surface area (Å²) >= 11 is 6.25. The molecule has 30 heavy (non-hydrogen) atoms. The number of sulfonamides is 1. The van der Waals surface area contributed by atoms with E-state index in [0.717, 1.165) is 6.54 Å². The number of hydrogen-bond donors (Lipinski definition) is 1. The van der Waals surface area contributed by atoms with E-state index in [1.54, 1.807) is 18.2 Å². The fourth-order valence-corrected chi connectivity index (χ4v) is 5.40. The molecule has 0 amide bonds. The van der Waals surface area contributed by atoms with Gasteiger partial charge >= 0.3 is 0 Å². The molecular formula is C21H21ClN4O3S. The number of aromatic nitrogens is 2. The molecule has 2 heterocycles. The van der Waals surface area contributed by atoms with E-state index in [1.165, 1.54) is 22.0 Å². The lowest BCUT2D eigenvalue weighted by atomic mass is 10.1. The number of rotatable bonds is 5. The van der Waals surface area contributed by atoms with Crippen LogP contribution in [0.2, 0.25) is 5.02 Å². The second-order valence-corrected chi connectivity index (χ2v) is 9.43. The van der Waals surface area contributed by atoms with Gasteiger partial charge in [0.15, 0.2) is 0 Å². The van der Waals surface area contributed by atoms with Gasteiger partial charge in [-0.1, -0.05) is 48.0 Å². The predicted molar refractivity (Wildman–Crippen MR) is 116 cm³/mol. The molecule has 0 saturated carbocycles. The first-order valence-electron chi connectivity index (χ1n) is 9.55. The van der Waals surface area contributed by atoms with Crippen molar-refractivity contribution in [3.05, 3.63) is 81.6 Å². The summed E-state index contributed by atoms with van der Waals surface area (Å²) in [4.78, 5) is 13.5. The highest BCUT2D eigenvalue weighted by Gasteiger charge is 2.30. The Morgan fingerprint density at radius 2 is 1.70 bits per heavy atom. The van der Waals surface area contributed by atoms with Crippen molar-refractivity contribution in [2.45, 2.75) is 11.4 Å². The van der Waals surface area contributed by atoms with E-state index in [-0.39, 0.29) is 15.5 Å². The van der Waals surface area contributed by atoms with Crippen molar-refractivity contribution < 1.29 is 8.42 Å². The topological polar surface area (TPSA) is 86.4 Å². The third kappa shape index (κ3) is 4.46. The Balaban J connectivity index is 1.52. The fourth-order valence-electron chi connectivity index (χ4n) is 3.47. The lowest BCUT2D eigenvalue weighted by Crippen LogP contribution is -2.48. The summed E-state index contributed by atoms with van der Waals surface area (Å²) in [5.41, 5.74) is 1.92. The lowest BCUT2D eigenvalue weighted by molar-refractivity contribution is 0.181. The van der Waals surface area contributed by atoms with Gasteiger partial charge in [0.2, 0.25) is 10.0 Å². The van der Waals surface area contributed by atoms with Crippen molar-refractivity contribution in [1.29, 1.82) is 0 Å². The molecule has 4 rings (SSSR count). The molecule has 0 aliphatic carbocycles. The van der Waals surface area contributed by atoms with Crippen molar-refractivity contribution in [2.24, 2.45) is 0 Å². The summed E-state index contributed by atoms with van der Waals surface area (Å²) in [6.45, 7) is 2.88. The highest BCUT2D eigenvalue weighted by atomic mass is 35.5. The molecule has 0 radical (unpaired) electrons. The molecule has 0 atom stereocenters. The van der Waals surface area contributed by atoms with Gasteiger partial charge < -0.3 is 0 Å². The Hall–Kier alpha value is -2.52. The second-order valence-electron chi connectivity index (χ2n) is 7.12. The van der Waals surface area contributed by atoms with Crippen LogP contribution >= 0.6 is 11.6 Å². The normalized spacial score (nSPS) is 15.9. The Morgan fingerprint density at radius 1 is 0.967 bits per heavy atom. The molecule has 1 aliphatic rings. The van der Waals surface area contributed by atoms with Crippen molar-refractivity contribution in [3.63, 3.8) is 0 Å². The minimum atomic E-state index is -3.75. The molecule has 7 nitrogen and oxygen atoms in total. The van der Waals surface area contributed by atoms with E-state index in [9.17, 15) is 13.2 Å². The first-order valence-corrected chi connectivity index (χ1v) is 11.4. The van der Waals surface area contributed by atoms with Gasteiger partial charge in [-0.25, -0.2) is 13.5 Å². The van der Waals surface area contributed by atoms with Crippen LogP contribution in [-0.4, -0.2) is 54.0 Å². The van der Waals surface area contributed by atoms with Gasteiger partial charge in [0.25, 0.3) is 5.56 Å². The summed E-state index contributed by atoms with van der Waals surface area (Å²) in [5.74, 6) is 0. The quantitative estimate of drug-likeness (QED) is 0.653. The average Bonchev–Trinajstić information content (AvgIpc) is 2.76. The molecule has 1 aromatic heterocycles. The third-order valence-electron chi connectivity index (χ3n) is 5.10. The smallest absolute Gasteiger partial charge is 0.264 e. The lowest BCUT2D eigenvalue weighted by Gasteiger charge is -2.34. The average molecular weight is 445 g/mol. The molecule has 1 N–H and O–H groups in total. The van der Waals surface area contributed by atoms with Gasteiger partial charge in [-0.05, 0) is 23.8 Å². The van der Waals surface area contributed by atoms with Crippen LogP contribution in [0.25, 0.3) is 11.3 Å². The van der Waals surface area contributed by atoms with Crippen molar-refractivity contribution in [1.82, 2.24) is 19.4 Å². The van der Waals surface area contributed by atoms with Crippen LogP contribution in [0.1, 0.15) is 5.56 Å². The Labute approximate surface area is 180 Å². The molecule has 1 aliphatic heterocycles. The molecule has 2 aromatic carbocycles. The molecule has 0 unspecified atom stereocenters. The molecule has 1 saturated heterocycles. The monoisotopic (exact) mass is 444 g/mol. The van der Waals surface area contributed by atoms with Gasteiger partial charge in [-0.15, -0.1) is 0 Å². The van der Waals surface area contributed by atoms with Crippen molar-refractivity contribution >= 4 is 21.6 Å². The minimum absolute atomic E-state index is 0.0474. The third-order valence-corrected chi connectivity index (χ3v) is 7.48. The second kappa shape index (κ2) is 8.69. The maximum absolute atomic E-state index is 13.3. The molecule has 1 fully saturated rings. The number of piperazine rings is 1. The minimum Gasteiger partial charge on any atom is -0.296 e. The van der Waals surface area contributed by atoms with Gasteiger partial charge in [0.05, 0.1) is 10.7 Å². The van der Waals surface area contributed by atoms with Crippen LogP contribution in [-0.2, 0) is 16.6 Å². The zero-order chi connectivity index (χ0) is 21.1. The number of nitrogens with zero attached hydrogens (tertiary/aromatic N) is 3. The van der Waals surface area contributed by atoms with Crippen molar-refractivity contribution in [2.75, 3.05) is 26.2 Å². The van der Waals surface area contributed by atoms with Crippen LogP contribution in [0.15, 0.2) is 70.4 Å². The molecule has 9 heteroatoms. The zero-order valence-corrected chi connectivity index (χ0v) is 17.7. The van der Waals surface area contributed by atoms with E-state index >= 15 is 0 Å². The first kappa shape index (κ1) is 20.7. The zero-order valence-electron chi connectivity index (χ0n) is 16.2. The summed E-state index contributed by atoms with van der Waals surface area (Å²) in [6.07, 6.45) is 0. The van der Waals surface area contributed by atoms with Crippen LogP contribution in [0, 0.1) is 0 Å². The van der Waals surface area contributed by atoms with Crippen LogP contribution in [0.5, 0.6) is 0 Å². The number of benzene rings is 2. The van der Waals surface area contributed by atoms with Gasteiger partial charge in [0.1, 0.15) is 4.90 Å². The number of nitrogens with one attached hydrogen (secondary N) is 1. The standard InChI is InChI=1S/C21H21ClN4O3S/c22-18-7-6-17(19-8-9-21(27)24-23-19)14-20(18)30(28,29)26-12-10-25(11-13-26)15-16-4-2-1-3-5-16/h1-9,14H,10-13,15H2,(H,24,27). The van der Waals surface area contributed by atoms with Crippen molar-refractivity contribution in [3.8, 4) is 11.3 Å². The first-order chi connectivity index (χ1) is 14.4. The van der Waals surface area contributed by atoms with Gasteiger partial charge in [0, 0.05) is 44.4 Å². The molecule has 3 aromatic rings.